The van der Waals surface area contributed by atoms with Gasteiger partial charge in [-0.2, -0.15) is 8.78 Å². The molecular weight excluding hydrogens is 288 g/mol. The second-order valence-electron chi connectivity index (χ2n) is 5.91. The van der Waals surface area contributed by atoms with E-state index in [9.17, 15) is 8.78 Å². The van der Waals surface area contributed by atoms with Gasteiger partial charge < -0.3 is 14.4 Å². The molecule has 0 bridgehead atoms. The summed E-state index contributed by atoms with van der Waals surface area (Å²) in [6, 6.07) is 7.22. The number of ether oxygens (including phenoxy) is 2. The molecule has 3 nitrogen and oxygen atoms in total. The minimum atomic E-state index is -2.82. The number of alkyl halides is 2. The molecule has 0 aromatic heterocycles. The summed E-state index contributed by atoms with van der Waals surface area (Å²) in [5.41, 5.74) is 0. The number of benzene rings is 1. The molecular formula is C17H25F2NO2. The van der Waals surface area contributed by atoms with Crippen molar-refractivity contribution in [2.75, 3.05) is 20.7 Å². The van der Waals surface area contributed by atoms with Crippen molar-refractivity contribution in [2.24, 2.45) is 5.92 Å². The highest BCUT2D eigenvalue weighted by molar-refractivity contribution is 5.39. The number of hydrogen-bond acceptors (Lipinski definition) is 3. The Labute approximate surface area is 131 Å². The van der Waals surface area contributed by atoms with Gasteiger partial charge in [0.25, 0.3) is 0 Å². The summed E-state index contributed by atoms with van der Waals surface area (Å²) in [6.07, 6.45) is 7.43. The molecule has 0 N–H and O–H groups in total. The number of rotatable bonds is 3. The van der Waals surface area contributed by atoms with Gasteiger partial charge in [0.2, 0.25) is 0 Å². The van der Waals surface area contributed by atoms with E-state index in [2.05, 4.69) is 16.7 Å². The first-order chi connectivity index (χ1) is 10.6. The Hall–Kier alpha value is -1.36. The van der Waals surface area contributed by atoms with Gasteiger partial charge in [0.15, 0.2) is 11.5 Å². The lowest BCUT2D eigenvalue weighted by Crippen LogP contribution is -2.31. The largest absolute Gasteiger partial charge is 0.493 e. The number of methoxy groups -OCH3 is 1. The van der Waals surface area contributed by atoms with Crippen LogP contribution >= 0.6 is 0 Å². The third-order valence-corrected chi connectivity index (χ3v) is 4.57. The minimum Gasteiger partial charge on any atom is -0.493 e. The predicted octanol–water partition coefficient (Wildman–Crippen LogP) is 4.18. The van der Waals surface area contributed by atoms with Crippen molar-refractivity contribution in [1.82, 2.24) is 4.90 Å². The Morgan fingerprint density at radius 1 is 1.09 bits per heavy atom. The fourth-order valence-corrected chi connectivity index (χ4v) is 3.45. The van der Waals surface area contributed by atoms with Crippen LogP contribution < -0.4 is 9.47 Å². The molecule has 0 spiro atoms. The zero-order chi connectivity index (χ0) is 15.9. The summed E-state index contributed by atoms with van der Waals surface area (Å²) >= 11 is 0. The molecule has 5 heteroatoms. The van der Waals surface area contributed by atoms with Crippen molar-refractivity contribution >= 4 is 0 Å². The van der Waals surface area contributed by atoms with E-state index in [0.29, 0.717) is 5.75 Å². The molecule has 1 aromatic carbocycles. The number of fused-ring (bicyclic) bond motifs is 1. The summed E-state index contributed by atoms with van der Waals surface area (Å²) in [6.45, 7) is -1.46. The van der Waals surface area contributed by atoms with Gasteiger partial charge in [0.1, 0.15) is 0 Å². The molecule has 1 saturated heterocycles. The van der Waals surface area contributed by atoms with Crippen LogP contribution in [-0.4, -0.2) is 38.3 Å². The quantitative estimate of drug-likeness (QED) is 0.835. The van der Waals surface area contributed by atoms with Crippen LogP contribution in [0.25, 0.3) is 0 Å². The Balaban J connectivity index is 0.000000162. The van der Waals surface area contributed by atoms with Gasteiger partial charge in [-0.3, -0.25) is 0 Å². The molecule has 2 aliphatic rings. The molecule has 2 unspecified atom stereocenters. The molecule has 0 radical (unpaired) electrons. The van der Waals surface area contributed by atoms with Crippen molar-refractivity contribution < 1.29 is 18.3 Å². The smallest absolute Gasteiger partial charge is 0.387 e. The third kappa shape index (κ3) is 4.57. The van der Waals surface area contributed by atoms with E-state index >= 15 is 0 Å². The summed E-state index contributed by atoms with van der Waals surface area (Å²) in [4.78, 5) is 2.56. The van der Waals surface area contributed by atoms with Crippen LogP contribution in [0.2, 0.25) is 0 Å². The van der Waals surface area contributed by atoms with E-state index in [1.807, 2.05) is 0 Å². The van der Waals surface area contributed by atoms with Crippen molar-refractivity contribution in [3.8, 4) is 11.5 Å². The third-order valence-electron chi connectivity index (χ3n) is 4.57. The first-order valence-corrected chi connectivity index (χ1v) is 7.90. The monoisotopic (exact) mass is 313 g/mol. The summed E-state index contributed by atoms with van der Waals surface area (Å²) in [5.74, 6) is 1.42. The lowest BCUT2D eigenvalue weighted by molar-refractivity contribution is -0.0512. The lowest BCUT2D eigenvalue weighted by atomic mass is 9.85. The van der Waals surface area contributed by atoms with E-state index in [1.54, 1.807) is 18.2 Å². The van der Waals surface area contributed by atoms with E-state index in [0.717, 1.165) is 12.0 Å². The number of likely N-dealkylation sites (tertiary alicyclic amines) is 1. The van der Waals surface area contributed by atoms with Gasteiger partial charge in [-0.15, -0.1) is 0 Å². The average molecular weight is 313 g/mol. The van der Waals surface area contributed by atoms with E-state index in [-0.39, 0.29) is 5.75 Å². The molecule has 1 aliphatic carbocycles. The summed E-state index contributed by atoms with van der Waals surface area (Å²) in [7, 11) is 3.68. The molecule has 3 rings (SSSR count). The molecule has 2 atom stereocenters. The van der Waals surface area contributed by atoms with E-state index < -0.39 is 6.61 Å². The van der Waals surface area contributed by atoms with Crippen LogP contribution in [-0.2, 0) is 0 Å². The fraction of sp³-hybridized carbons (Fsp3) is 0.647. The normalized spacial score (nSPS) is 24.4. The first kappa shape index (κ1) is 17.0. The Kier molecular flexibility index (Phi) is 6.43. The number of nitrogens with zero attached hydrogens (tertiary/aromatic N) is 1. The van der Waals surface area contributed by atoms with Crippen LogP contribution in [0.4, 0.5) is 8.78 Å². The number of halogens is 2. The maximum Gasteiger partial charge on any atom is 0.387 e. The van der Waals surface area contributed by atoms with Gasteiger partial charge in [-0.1, -0.05) is 25.0 Å². The lowest BCUT2D eigenvalue weighted by Gasteiger charge is -2.28. The topological polar surface area (TPSA) is 21.7 Å². The van der Waals surface area contributed by atoms with Crippen molar-refractivity contribution in [3.63, 3.8) is 0 Å². The molecule has 124 valence electrons. The van der Waals surface area contributed by atoms with Gasteiger partial charge in [-0.05, 0) is 50.9 Å². The molecule has 1 heterocycles. The molecule has 2 fully saturated rings. The maximum atomic E-state index is 11.8. The summed E-state index contributed by atoms with van der Waals surface area (Å²) < 4.78 is 32.5. The van der Waals surface area contributed by atoms with Gasteiger partial charge in [0, 0.05) is 6.04 Å². The highest BCUT2D eigenvalue weighted by atomic mass is 19.3. The van der Waals surface area contributed by atoms with Crippen LogP contribution in [0.1, 0.15) is 32.1 Å². The highest BCUT2D eigenvalue weighted by Gasteiger charge is 2.32. The van der Waals surface area contributed by atoms with Crippen molar-refractivity contribution in [3.05, 3.63) is 24.3 Å². The predicted molar refractivity (Wildman–Crippen MR) is 82.6 cm³/mol. The van der Waals surface area contributed by atoms with Crippen molar-refractivity contribution in [2.45, 2.75) is 44.8 Å². The zero-order valence-corrected chi connectivity index (χ0v) is 13.3. The standard InChI is InChI=1S/C9H17N.C8H8F2O2/c1-10-7-6-8-4-2-3-5-9(8)10;1-11-6-4-2-3-5-7(6)12-8(9)10/h8-9H,2-7H2,1H3;2-5,8H,1H3. The van der Waals surface area contributed by atoms with Crippen molar-refractivity contribution in [1.29, 1.82) is 0 Å². The average Bonchev–Trinajstić information content (AvgIpc) is 2.90. The van der Waals surface area contributed by atoms with Crippen LogP contribution in [0.5, 0.6) is 11.5 Å². The maximum absolute atomic E-state index is 11.8. The van der Waals surface area contributed by atoms with E-state index in [4.69, 9.17) is 4.74 Å². The molecule has 1 saturated carbocycles. The Bertz CT molecular complexity index is 454. The SMILES string of the molecule is CN1CCC2CCCCC21.COc1ccccc1OC(F)F. The summed E-state index contributed by atoms with van der Waals surface area (Å²) in [5, 5.41) is 0. The molecule has 0 amide bonds. The fourth-order valence-electron chi connectivity index (χ4n) is 3.45. The van der Waals surface area contributed by atoms with Gasteiger partial charge in [0.05, 0.1) is 7.11 Å². The Morgan fingerprint density at radius 3 is 2.41 bits per heavy atom. The first-order valence-electron chi connectivity index (χ1n) is 7.90. The molecule has 1 aliphatic heterocycles. The Morgan fingerprint density at radius 2 is 1.77 bits per heavy atom. The van der Waals surface area contributed by atoms with Gasteiger partial charge >= 0.3 is 6.61 Å². The second-order valence-corrected chi connectivity index (χ2v) is 5.91. The molecule has 1 aromatic rings. The van der Waals surface area contributed by atoms with Crippen LogP contribution in [0.3, 0.4) is 0 Å². The highest BCUT2D eigenvalue weighted by Crippen LogP contribution is 2.34. The second kappa shape index (κ2) is 8.32. The minimum absolute atomic E-state index is 0.0509. The van der Waals surface area contributed by atoms with E-state index in [1.165, 1.54) is 51.8 Å². The van der Waals surface area contributed by atoms with Crippen LogP contribution in [0, 0.1) is 5.92 Å². The molecule has 22 heavy (non-hydrogen) atoms. The number of para-hydroxylation sites is 2. The van der Waals surface area contributed by atoms with Crippen LogP contribution in [0.15, 0.2) is 24.3 Å². The van der Waals surface area contributed by atoms with Gasteiger partial charge in [-0.25, -0.2) is 0 Å². The number of hydrogen-bond donors (Lipinski definition) is 0. The zero-order valence-electron chi connectivity index (χ0n) is 13.3.